The zero-order valence-corrected chi connectivity index (χ0v) is 16.8. The maximum atomic E-state index is 13.4. The van der Waals surface area contributed by atoms with Gasteiger partial charge in [-0.1, -0.05) is 18.9 Å². The number of carbonyl (C=O) groups excluding carboxylic acids is 1. The van der Waals surface area contributed by atoms with Crippen LogP contribution in [0.3, 0.4) is 0 Å². The Balaban J connectivity index is 1.47. The lowest BCUT2D eigenvalue weighted by Crippen LogP contribution is -2.19. The van der Waals surface area contributed by atoms with Crippen LogP contribution >= 0.6 is 11.3 Å². The summed E-state index contributed by atoms with van der Waals surface area (Å²) in [5.41, 5.74) is 0.627. The number of hydrogen-bond acceptors (Lipinski definition) is 5. The van der Waals surface area contributed by atoms with Gasteiger partial charge in [0.2, 0.25) is 5.82 Å². The minimum absolute atomic E-state index is 0.0434. The first-order chi connectivity index (χ1) is 14.7. The van der Waals surface area contributed by atoms with Crippen molar-refractivity contribution in [3.63, 3.8) is 0 Å². The number of nitrogens with zero attached hydrogens (tertiary/aromatic N) is 5. The van der Waals surface area contributed by atoms with Gasteiger partial charge in [0.05, 0.1) is 22.8 Å². The summed E-state index contributed by atoms with van der Waals surface area (Å²) in [5.74, 6) is 0.471. The summed E-state index contributed by atoms with van der Waals surface area (Å²) in [6.45, 7) is 0. The SMILES string of the molecule is O=C(Nc1ccnn1C1CCCC1)c1nc(-c2cccs2)n(-c2ccc(F)cc2)n1. The van der Waals surface area contributed by atoms with E-state index in [0.29, 0.717) is 23.4 Å². The van der Waals surface area contributed by atoms with E-state index in [-0.39, 0.29) is 11.6 Å². The third kappa shape index (κ3) is 3.52. The minimum atomic E-state index is -0.409. The van der Waals surface area contributed by atoms with Crippen LogP contribution < -0.4 is 5.32 Å². The van der Waals surface area contributed by atoms with Crippen molar-refractivity contribution in [3.8, 4) is 16.4 Å². The van der Waals surface area contributed by atoms with Crippen LogP contribution in [0.2, 0.25) is 0 Å². The van der Waals surface area contributed by atoms with Gasteiger partial charge < -0.3 is 5.32 Å². The average molecular weight is 422 g/mol. The minimum Gasteiger partial charge on any atom is -0.304 e. The lowest BCUT2D eigenvalue weighted by atomic mass is 10.2. The Labute approximate surface area is 176 Å². The van der Waals surface area contributed by atoms with Gasteiger partial charge in [-0.05, 0) is 48.6 Å². The number of rotatable bonds is 5. The monoisotopic (exact) mass is 422 g/mol. The molecule has 4 aromatic rings. The van der Waals surface area contributed by atoms with Crippen molar-refractivity contribution in [3.05, 3.63) is 65.7 Å². The fourth-order valence-corrected chi connectivity index (χ4v) is 4.46. The lowest BCUT2D eigenvalue weighted by molar-refractivity contribution is 0.101. The fraction of sp³-hybridized carbons (Fsp3) is 0.238. The first kappa shape index (κ1) is 18.7. The number of anilines is 1. The fourth-order valence-electron chi connectivity index (χ4n) is 3.76. The summed E-state index contributed by atoms with van der Waals surface area (Å²) >= 11 is 1.49. The Morgan fingerprint density at radius 1 is 1.13 bits per heavy atom. The van der Waals surface area contributed by atoms with E-state index in [9.17, 15) is 9.18 Å². The van der Waals surface area contributed by atoms with E-state index in [2.05, 4.69) is 20.5 Å². The second-order valence-corrected chi connectivity index (χ2v) is 8.13. The van der Waals surface area contributed by atoms with Crippen molar-refractivity contribution >= 4 is 23.1 Å². The molecular weight excluding hydrogens is 403 g/mol. The average Bonchev–Trinajstić information content (AvgIpc) is 3.54. The Bertz CT molecular complexity index is 1160. The molecule has 3 heterocycles. The molecule has 0 bridgehead atoms. The van der Waals surface area contributed by atoms with Crippen LogP contribution in [0.25, 0.3) is 16.4 Å². The molecule has 1 amide bonds. The number of nitrogens with one attached hydrogen (secondary N) is 1. The van der Waals surface area contributed by atoms with Crippen LogP contribution in [0.5, 0.6) is 0 Å². The standard InChI is InChI=1S/C21H19FN6OS/c22-14-7-9-16(10-8-14)28-20(17-6-3-13-30-17)25-19(26-28)21(29)24-18-11-12-23-27(18)15-4-1-2-5-15/h3,6-13,15H,1-2,4-5H2,(H,24,29). The van der Waals surface area contributed by atoms with E-state index in [0.717, 1.165) is 17.7 Å². The van der Waals surface area contributed by atoms with Crippen LogP contribution in [0.4, 0.5) is 10.2 Å². The van der Waals surface area contributed by atoms with Gasteiger partial charge in [-0.25, -0.2) is 18.7 Å². The summed E-state index contributed by atoms with van der Waals surface area (Å²) in [6.07, 6.45) is 6.15. The van der Waals surface area contributed by atoms with Crippen molar-refractivity contribution in [2.75, 3.05) is 5.32 Å². The highest BCUT2D eigenvalue weighted by Crippen LogP contribution is 2.31. The molecule has 1 saturated carbocycles. The molecule has 0 saturated heterocycles. The Morgan fingerprint density at radius 3 is 2.67 bits per heavy atom. The third-order valence-corrected chi connectivity index (χ3v) is 6.07. The summed E-state index contributed by atoms with van der Waals surface area (Å²) in [4.78, 5) is 18.3. The van der Waals surface area contributed by atoms with Gasteiger partial charge in [0.25, 0.3) is 5.91 Å². The number of halogens is 1. The van der Waals surface area contributed by atoms with Crippen molar-refractivity contribution < 1.29 is 9.18 Å². The molecule has 5 rings (SSSR count). The maximum Gasteiger partial charge on any atom is 0.296 e. The highest BCUT2D eigenvalue weighted by atomic mass is 32.1. The highest BCUT2D eigenvalue weighted by molar-refractivity contribution is 7.13. The van der Waals surface area contributed by atoms with Crippen molar-refractivity contribution in [1.82, 2.24) is 24.5 Å². The van der Waals surface area contributed by atoms with E-state index in [1.165, 1.54) is 36.3 Å². The molecular formula is C21H19FN6OS. The van der Waals surface area contributed by atoms with Gasteiger partial charge in [0.1, 0.15) is 11.6 Å². The summed E-state index contributed by atoms with van der Waals surface area (Å²) in [6, 6.07) is 11.8. The van der Waals surface area contributed by atoms with Gasteiger partial charge in [0.15, 0.2) is 5.82 Å². The molecule has 1 N–H and O–H groups in total. The normalized spacial score (nSPS) is 14.3. The van der Waals surface area contributed by atoms with Crippen LogP contribution in [0, 0.1) is 5.82 Å². The van der Waals surface area contributed by atoms with E-state index in [1.807, 2.05) is 22.2 Å². The van der Waals surface area contributed by atoms with Crippen molar-refractivity contribution in [1.29, 1.82) is 0 Å². The molecule has 1 fully saturated rings. The first-order valence-electron chi connectivity index (χ1n) is 9.81. The van der Waals surface area contributed by atoms with Crippen LogP contribution in [0.1, 0.15) is 42.3 Å². The molecule has 152 valence electrons. The smallest absolute Gasteiger partial charge is 0.296 e. The summed E-state index contributed by atoms with van der Waals surface area (Å²) in [7, 11) is 0. The summed E-state index contributed by atoms with van der Waals surface area (Å²) < 4.78 is 16.8. The zero-order chi connectivity index (χ0) is 20.5. The van der Waals surface area contributed by atoms with Gasteiger partial charge >= 0.3 is 0 Å². The number of hydrogen-bond donors (Lipinski definition) is 1. The first-order valence-corrected chi connectivity index (χ1v) is 10.7. The van der Waals surface area contributed by atoms with E-state index in [4.69, 9.17) is 0 Å². The molecule has 1 aliphatic rings. The number of thiophene rings is 1. The van der Waals surface area contributed by atoms with Crippen LogP contribution in [-0.2, 0) is 0 Å². The van der Waals surface area contributed by atoms with Gasteiger partial charge in [-0.15, -0.1) is 16.4 Å². The number of carbonyl (C=O) groups is 1. The van der Waals surface area contributed by atoms with E-state index < -0.39 is 5.91 Å². The van der Waals surface area contributed by atoms with Crippen LogP contribution in [0.15, 0.2) is 54.0 Å². The molecule has 1 aliphatic carbocycles. The zero-order valence-electron chi connectivity index (χ0n) is 16.0. The molecule has 30 heavy (non-hydrogen) atoms. The van der Waals surface area contributed by atoms with Gasteiger partial charge in [-0.2, -0.15) is 5.10 Å². The second kappa shape index (κ2) is 7.83. The number of aromatic nitrogens is 5. The van der Waals surface area contributed by atoms with Crippen molar-refractivity contribution in [2.24, 2.45) is 0 Å². The molecule has 0 aliphatic heterocycles. The van der Waals surface area contributed by atoms with Gasteiger partial charge in [0, 0.05) is 6.07 Å². The van der Waals surface area contributed by atoms with E-state index >= 15 is 0 Å². The Morgan fingerprint density at radius 2 is 1.93 bits per heavy atom. The molecule has 7 nitrogen and oxygen atoms in total. The summed E-state index contributed by atoms with van der Waals surface area (Å²) in [5, 5.41) is 13.6. The molecule has 9 heteroatoms. The van der Waals surface area contributed by atoms with Gasteiger partial charge in [-0.3, -0.25) is 4.79 Å². The quantitative estimate of drug-likeness (QED) is 0.506. The lowest BCUT2D eigenvalue weighted by Gasteiger charge is -2.13. The molecule has 0 atom stereocenters. The Kier molecular flexibility index (Phi) is 4.88. The predicted octanol–water partition coefficient (Wildman–Crippen LogP) is 4.70. The molecule has 0 radical (unpaired) electrons. The molecule has 3 aromatic heterocycles. The topological polar surface area (TPSA) is 77.6 Å². The third-order valence-electron chi connectivity index (χ3n) is 5.21. The predicted molar refractivity (Wildman–Crippen MR) is 112 cm³/mol. The van der Waals surface area contributed by atoms with Crippen LogP contribution in [-0.4, -0.2) is 30.5 Å². The number of amides is 1. The molecule has 1 aromatic carbocycles. The maximum absolute atomic E-state index is 13.4. The van der Waals surface area contributed by atoms with Crippen molar-refractivity contribution in [2.45, 2.75) is 31.7 Å². The Hall–Kier alpha value is -3.33. The van der Waals surface area contributed by atoms with E-state index in [1.54, 1.807) is 29.1 Å². The molecule has 0 unspecified atom stereocenters. The largest absolute Gasteiger partial charge is 0.304 e. The second-order valence-electron chi connectivity index (χ2n) is 7.18. The molecule has 0 spiro atoms. The highest BCUT2D eigenvalue weighted by Gasteiger charge is 2.23. The number of benzene rings is 1.